The van der Waals surface area contributed by atoms with Gasteiger partial charge in [0, 0.05) is 35.5 Å². The Labute approximate surface area is 229 Å². The van der Waals surface area contributed by atoms with Crippen LogP contribution < -0.4 is 26.3 Å². The Morgan fingerprint density at radius 1 is 1.23 bits per heavy atom. The SMILES string of the molecule is COc1cnc(C(F)F)cc1-c1cc(-n2cc(P)c(C)cc2=O)ncc1C(=O)NC1=NNC(C#CC2CC2)S1. The monoisotopic (exact) mass is 568 g/mol. The summed E-state index contributed by atoms with van der Waals surface area (Å²) in [4.78, 5) is 34.3. The fourth-order valence-electron chi connectivity index (χ4n) is 3.74. The van der Waals surface area contributed by atoms with Gasteiger partial charge in [0.1, 0.15) is 17.3 Å². The maximum Gasteiger partial charge on any atom is 0.280 e. The van der Waals surface area contributed by atoms with Crippen molar-refractivity contribution < 1.29 is 18.3 Å². The van der Waals surface area contributed by atoms with Crippen LogP contribution in [0, 0.1) is 24.7 Å². The number of aromatic nitrogens is 3. The van der Waals surface area contributed by atoms with Crippen molar-refractivity contribution in [2.75, 3.05) is 7.11 Å². The number of hydrogen-bond donors (Lipinski definition) is 2. The summed E-state index contributed by atoms with van der Waals surface area (Å²) in [5.41, 5.74) is 3.29. The first kappa shape index (κ1) is 26.8. The Kier molecular flexibility index (Phi) is 7.64. The molecule has 1 saturated carbocycles. The number of amides is 1. The summed E-state index contributed by atoms with van der Waals surface area (Å²) in [6.07, 6.45) is 3.40. The summed E-state index contributed by atoms with van der Waals surface area (Å²) in [6.45, 7) is 1.80. The molecule has 9 nitrogen and oxygen atoms in total. The highest BCUT2D eigenvalue weighted by molar-refractivity contribution is 8.14. The molecule has 1 aliphatic carbocycles. The van der Waals surface area contributed by atoms with E-state index in [-0.39, 0.29) is 39.2 Å². The highest BCUT2D eigenvalue weighted by Gasteiger charge is 2.25. The van der Waals surface area contributed by atoms with E-state index in [0.29, 0.717) is 11.1 Å². The molecule has 13 heteroatoms. The van der Waals surface area contributed by atoms with Crippen LogP contribution in [0.1, 0.15) is 40.9 Å². The lowest BCUT2D eigenvalue weighted by atomic mass is 10.00. The van der Waals surface area contributed by atoms with Crippen LogP contribution in [0.15, 0.2) is 46.7 Å². The summed E-state index contributed by atoms with van der Waals surface area (Å²) in [5, 5.41) is 7.66. The lowest BCUT2D eigenvalue weighted by Gasteiger charge is -2.16. The standard InChI is InChI=1S/C26H23F2N6O3PS/c1-13-7-23(35)34(12-20(13)38)21-9-15(16-8-18(24(27)28)29-11-19(16)37-2)17(10-30-21)25(36)31-26-33-32-22(39-26)6-5-14-3-4-14/h7-12,14,22,24,32H,3-4,38H2,1-2H3,(H,31,33,36). The number of methoxy groups -OCH3 is 1. The third kappa shape index (κ3) is 5.95. The minimum absolute atomic E-state index is 0.0607. The third-order valence-corrected chi connectivity index (χ3v) is 7.51. The van der Waals surface area contributed by atoms with Gasteiger partial charge in [-0.05, 0) is 54.5 Å². The number of carbonyl (C=O) groups excluding carboxylic acids is 1. The van der Waals surface area contributed by atoms with E-state index in [4.69, 9.17) is 4.74 Å². The molecule has 3 aromatic heterocycles. The van der Waals surface area contributed by atoms with Gasteiger partial charge in [0.2, 0.25) is 0 Å². The molecule has 0 spiro atoms. The number of nitrogens with one attached hydrogen (secondary N) is 2. The Bertz CT molecular complexity index is 1610. The van der Waals surface area contributed by atoms with Gasteiger partial charge >= 0.3 is 0 Å². The number of hydrazone groups is 1. The second-order valence-electron chi connectivity index (χ2n) is 8.88. The van der Waals surface area contributed by atoms with E-state index in [1.54, 1.807) is 13.1 Å². The second-order valence-corrected chi connectivity index (χ2v) is 10.6. The number of carbonyl (C=O) groups is 1. The summed E-state index contributed by atoms with van der Waals surface area (Å²) in [6, 6.07) is 4.09. The van der Waals surface area contributed by atoms with Crippen LogP contribution in [0.4, 0.5) is 8.78 Å². The average Bonchev–Trinajstić information content (AvgIpc) is 3.66. The van der Waals surface area contributed by atoms with E-state index in [2.05, 4.69) is 46.9 Å². The van der Waals surface area contributed by atoms with Crippen LogP contribution >= 0.6 is 21.0 Å². The smallest absolute Gasteiger partial charge is 0.280 e. The van der Waals surface area contributed by atoms with Crippen molar-refractivity contribution in [1.29, 1.82) is 0 Å². The van der Waals surface area contributed by atoms with Gasteiger partial charge in [-0.15, -0.1) is 9.24 Å². The summed E-state index contributed by atoms with van der Waals surface area (Å²) in [7, 11) is 3.91. The van der Waals surface area contributed by atoms with Gasteiger partial charge in [0.15, 0.2) is 10.5 Å². The molecule has 1 amide bonds. The number of ether oxygens (including phenoxy) is 1. The first-order chi connectivity index (χ1) is 18.7. The molecule has 5 rings (SSSR count). The molecule has 2 aliphatic rings. The van der Waals surface area contributed by atoms with Gasteiger partial charge in [-0.25, -0.2) is 13.8 Å². The van der Waals surface area contributed by atoms with Crippen molar-refractivity contribution in [3.8, 4) is 34.5 Å². The van der Waals surface area contributed by atoms with Crippen LogP contribution in [0.3, 0.4) is 0 Å². The molecule has 3 aromatic rings. The van der Waals surface area contributed by atoms with Crippen LogP contribution in [-0.2, 0) is 0 Å². The van der Waals surface area contributed by atoms with Gasteiger partial charge in [-0.3, -0.25) is 29.9 Å². The van der Waals surface area contributed by atoms with Crippen LogP contribution in [-0.4, -0.2) is 38.1 Å². The fourth-order valence-corrected chi connectivity index (χ4v) is 4.68. The number of hydrogen-bond acceptors (Lipinski definition) is 8. The molecule has 2 N–H and O–H groups in total. The molecular weight excluding hydrogens is 545 g/mol. The van der Waals surface area contributed by atoms with Gasteiger partial charge in [-0.1, -0.05) is 11.8 Å². The van der Waals surface area contributed by atoms with Crippen molar-refractivity contribution in [2.24, 2.45) is 11.0 Å². The highest BCUT2D eigenvalue weighted by Crippen LogP contribution is 2.35. The van der Waals surface area contributed by atoms with E-state index in [1.165, 1.54) is 48.0 Å². The van der Waals surface area contributed by atoms with Gasteiger partial charge in [0.05, 0.1) is 18.9 Å². The van der Waals surface area contributed by atoms with Crippen molar-refractivity contribution in [3.63, 3.8) is 0 Å². The zero-order valence-corrected chi connectivity index (χ0v) is 22.8. The van der Waals surface area contributed by atoms with Crippen LogP contribution in [0.25, 0.3) is 16.9 Å². The molecule has 200 valence electrons. The summed E-state index contributed by atoms with van der Waals surface area (Å²) >= 11 is 1.26. The van der Waals surface area contributed by atoms with Crippen molar-refractivity contribution >= 4 is 37.4 Å². The third-order valence-electron chi connectivity index (χ3n) is 6.03. The number of alkyl halides is 2. The van der Waals surface area contributed by atoms with E-state index < -0.39 is 18.0 Å². The molecule has 1 fully saturated rings. The van der Waals surface area contributed by atoms with Gasteiger partial charge in [0.25, 0.3) is 17.9 Å². The van der Waals surface area contributed by atoms with E-state index >= 15 is 0 Å². The molecule has 1 aliphatic heterocycles. The Morgan fingerprint density at radius 2 is 2.03 bits per heavy atom. The number of rotatable bonds is 5. The van der Waals surface area contributed by atoms with E-state index in [9.17, 15) is 18.4 Å². The largest absolute Gasteiger partial charge is 0.494 e. The molecule has 0 saturated heterocycles. The minimum Gasteiger partial charge on any atom is -0.494 e. The topological polar surface area (TPSA) is 111 Å². The molecule has 0 radical (unpaired) electrons. The molecule has 39 heavy (non-hydrogen) atoms. The normalized spacial score (nSPS) is 16.3. The fraction of sp³-hybridized carbons (Fsp3) is 0.269. The maximum atomic E-state index is 13.6. The van der Waals surface area contributed by atoms with Crippen LogP contribution in [0.2, 0.25) is 0 Å². The number of amidine groups is 1. The zero-order chi connectivity index (χ0) is 27.7. The van der Waals surface area contributed by atoms with Gasteiger partial charge in [-0.2, -0.15) is 5.10 Å². The molecule has 0 aromatic carbocycles. The summed E-state index contributed by atoms with van der Waals surface area (Å²) in [5.74, 6) is 6.45. The number of aryl methyl sites for hydroxylation is 1. The Balaban J connectivity index is 1.55. The molecule has 4 heterocycles. The zero-order valence-electron chi connectivity index (χ0n) is 20.9. The first-order valence-corrected chi connectivity index (χ1v) is 13.3. The molecular formula is C26H23F2N6O3PS. The van der Waals surface area contributed by atoms with E-state index in [0.717, 1.165) is 29.8 Å². The predicted molar refractivity (Wildman–Crippen MR) is 149 cm³/mol. The lowest BCUT2D eigenvalue weighted by Crippen LogP contribution is -2.29. The second kappa shape index (κ2) is 11.1. The van der Waals surface area contributed by atoms with Crippen molar-refractivity contribution in [1.82, 2.24) is 25.3 Å². The number of nitrogens with zero attached hydrogens (tertiary/aromatic N) is 4. The first-order valence-electron chi connectivity index (χ1n) is 11.9. The van der Waals surface area contributed by atoms with Crippen LogP contribution in [0.5, 0.6) is 5.75 Å². The maximum absolute atomic E-state index is 13.6. The molecule has 2 atom stereocenters. The average molecular weight is 569 g/mol. The highest BCUT2D eigenvalue weighted by atomic mass is 32.2. The van der Waals surface area contributed by atoms with Crippen molar-refractivity contribution in [3.05, 3.63) is 64.0 Å². The Hall–Kier alpha value is -3.81. The molecule has 2 unspecified atom stereocenters. The number of thioether (sulfide) groups is 1. The number of halogens is 2. The lowest BCUT2D eigenvalue weighted by molar-refractivity contribution is 0.0978. The summed E-state index contributed by atoms with van der Waals surface area (Å²) < 4.78 is 33.9. The van der Waals surface area contributed by atoms with Gasteiger partial charge < -0.3 is 4.74 Å². The Morgan fingerprint density at radius 3 is 2.74 bits per heavy atom. The van der Waals surface area contributed by atoms with Crippen molar-refractivity contribution in [2.45, 2.75) is 31.6 Å². The quantitative estimate of drug-likeness (QED) is 0.360. The minimum atomic E-state index is -2.85. The predicted octanol–water partition coefficient (Wildman–Crippen LogP) is 3.13. The number of pyridine rings is 3. The molecule has 0 bridgehead atoms. The van der Waals surface area contributed by atoms with E-state index in [1.807, 2.05) is 0 Å².